The number of benzene rings is 2. The van der Waals surface area contributed by atoms with Crippen molar-refractivity contribution in [2.24, 2.45) is 23.2 Å². The molecule has 0 spiro atoms. The third-order valence-corrected chi connectivity index (χ3v) is 9.66. The maximum Gasteiger partial charge on any atom is 0.295 e. The lowest BCUT2D eigenvalue weighted by Gasteiger charge is -2.61. The van der Waals surface area contributed by atoms with Crippen molar-refractivity contribution in [3.05, 3.63) is 66.6 Å². The van der Waals surface area contributed by atoms with Gasteiger partial charge in [0.1, 0.15) is 5.52 Å². The van der Waals surface area contributed by atoms with E-state index in [9.17, 15) is 5.11 Å². The second kappa shape index (κ2) is 7.20. The fraction of sp³-hybridized carbons (Fsp3) is 0.448. The molecule has 0 saturated heterocycles. The van der Waals surface area contributed by atoms with E-state index in [4.69, 9.17) is 4.42 Å². The zero-order valence-corrected chi connectivity index (χ0v) is 19.7. The van der Waals surface area contributed by atoms with E-state index in [1.807, 2.05) is 36.8 Å². The van der Waals surface area contributed by atoms with E-state index in [2.05, 4.69) is 44.1 Å². The molecule has 4 atom stereocenters. The lowest BCUT2D eigenvalue weighted by molar-refractivity contribution is -0.129. The molecule has 2 aromatic heterocycles. The van der Waals surface area contributed by atoms with Crippen molar-refractivity contribution >= 4 is 17.1 Å². The Bertz CT molecular complexity index is 1370. The summed E-state index contributed by atoms with van der Waals surface area (Å²) in [5.41, 5.74) is 5.52. The van der Waals surface area contributed by atoms with Gasteiger partial charge in [-0.1, -0.05) is 36.4 Å². The monoisotopic (exact) mass is 466 g/mol. The summed E-state index contributed by atoms with van der Waals surface area (Å²) < 4.78 is 8.28. The third-order valence-electron chi connectivity index (χ3n) is 9.66. The first-order chi connectivity index (χ1) is 17.2. The average molecular weight is 467 g/mol. The fourth-order valence-electron chi connectivity index (χ4n) is 8.44. The molecule has 3 heterocycles. The standard InChI is InChI=1S/C29H30N4O2/c34-26(11-23-20-5-1-2-6-21(20)24-15-30-16-33(23)24)29-12-17-9-18(13-29)27(19(10-17)14-29)32-28-31-22-7-3-4-8-25(22)35-28/h1-8,15-19,23,26-27,34H,9-14H2,(H,31,32)/t17?,18?,19?,23-,26+,27?,29?/m1/s1. The Balaban J connectivity index is 1.05. The van der Waals surface area contributed by atoms with Crippen LogP contribution < -0.4 is 5.32 Å². The van der Waals surface area contributed by atoms with E-state index in [1.165, 1.54) is 36.1 Å². The first kappa shape index (κ1) is 20.1. The molecular weight excluding hydrogens is 436 g/mol. The number of nitrogens with one attached hydrogen (secondary N) is 1. The van der Waals surface area contributed by atoms with Gasteiger partial charge in [0.15, 0.2) is 5.58 Å². The van der Waals surface area contributed by atoms with Gasteiger partial charge in [0.05, 0.1) is 30.4 Å². The Morgan fingerprint density at radius 3 is 2.71 bits per heavy atom. The number of aliphatic hydroxyl groups is 1. The van der Waals surface area contributed by atoms with Crippen LogP contribution in [0.5, 0.6) is 0 Å². The molecular formula is C29H30N4O2. The predicted molar refractivity (Wildman–Crippen MR) is 134 cm³/mol. The highest BCUT2D eigenvalue weighted by Gasteiger charge is 2.58. The molecule has 5 aliphatic rings. The van der Waals surface area contributed by atoms with E-state index in [0.29, 0.717) is 23.9 Å². The maximum atomic E-state index is 11.8. The topological polar surface area (TPSA) is 76.1 Å². The molecule has 1 aliphatic heterocycles. The van der Waals surface area contributed by atoms with Crippen molar-refractivity contribution in [2.45, 2.75) is 56.7 Å². The number of imidazole rings is 1. The van der Waals surface area contributed by atoms with Crippen LogP contribution in [0.15, 0.2) is 65.5 Å². The number of fused-ring (bicyclic) bond motifs is 4. The molecule has 4 aromatic rings. The number of nitrogens with zero attached hydrogens (tertiary/aromatic N) is 3. The van der Waals surface area contributed by atoms with E-state index in [1.54, 1.807) is 0 Å². The summed E-state index contributed by atoms with van der Waals surface area (Å²) in [6.45, 7) is 0. The maximum absolute atomic E-state index is 11.8. The van der Waals surface area contributed by atoms with Crippen molar-refractivity contribution in [3.63, 3.8) is 0 Å². The van der Waals surface area contributed by atoms with E-state index in [-0.39, 0.29) is 17.6 Å². The highest BCUT2D eigenvalue weighted by atomic mass is 16.4. The molecule has 4 fully saturated rings. The smallest absolute Gasteiger partial charge is 0.295 e. The molecule has 4 bridgehead atoms. The highest BCUT2D eigenvalue weighted by Crippen LogP contribution is 2.62. The summed E-state index contributed by atoms with van der Waals surface area (Å²) in [6, 6.07) is 17.8. The average Bonchev–Trinajstić information content (AvgIpc) is 3.56. The second-order valence-electron chi connectivity index (χ2n) is 11.5. The van der Waals surface area contributed by atoms with Crippen molar-refractivity contribution < 1.29 is 9.52 Å². The van der Waals surface area contributed by atoms with Gasteiger partial charge in [0.25, 0.3) is 6.01 Å². The van der Waals surface area contributed by atoms with Crippen molar-refractivity contribution in [3.8, 4) is 11.3 Å². The molecule has 9 rings (SSSR count). The van der Waals surface area contributed by atoms with Gasteiger partial charge in [-0.3, -0.25) is 0 Å². The minimum atomic E-state index is -0.313. The van der Waals surface area contributed by atoms with Crippen molar-refractivity contribution in [1.29, 1.82) is 0 Å². The molecule has 2 aromatic carbocycles. The van der Waals surface area contributed by atoms with Gasteiger partial charge in [-0.15, -0.1) is 0 Å². The van der Waals surface area contributed by atoms with E-state index in [0.717, 1.165) is 36.3 Å². The van der Waals surface area contributed by atoms with Crippen LogP contribution in [0.2, 0.25) is 0 Å². The molecule has 0 radical (unpaired) electrons. The summed E-state index contributed by atoms with van der Waals surface area (Å²) in [5, 5.41) is 15.5. The molecule has 2 N–H and O–H groups in total. The Morgan fingerprint density at radius 2 is 1.86 bits per heavy atom. The molecule has 4 saturated carbocycles. The Labute approximate surface area is 204 Å². The van der Waals surface area contributed by atoms with Gasteiger partial charge in [-0.25, -0.2) is 4.98 Å². The number of aromatic nitrogens is 3. The van der Waals surface area contributed by atoms with Gasteiger partial charge in [0, 0.05) is 11.6 Å². The Kier molecular flexibility index (Phi) is 4.14. The first-order valence-corrected chi connectivity index (χ1v) is 13.1. The number of aliphatic hydroxyl groups excluding tert-OH is 1. The number of rotatable bonds is 5. The second-order valence-corrected chi connectivity index (χ2v) is 11.5. The van der Waals surface area contributed by atoms with Crippen LogP contribution in [-0.4, -0.2) is 31.8 Å². The Morgan fingerprint density at radius 1 is 1.06 bits per heavy atom. The quantitative estimate of drug-likeness (QED) is 0.397. The minimum Gasteiger partial charge on any atom is -0.424 e. The summed E-state index contributed by atoms with van der Waals surface area (Å²) >= 11 is 0. The number of hydrogen-bond donors (Lipinski definition) is 2. The predicted octanol–water partition coefficient (Wildman–Crippen LogP) is 5.65. The van der Waals surface area contributed by atoms with Crippen LogP contribution in [0.4, 0.5) is 6.01 Å². The molecule has 4 aliphatic carbocycles. The third kappa shape index (κ3) is 2.92. The molecule has 6 nitrogen and oxygen atoms in total. The molecule has 178 valence electrons. The van der Waals surface area contributed by atoms with Crippen molar-refractivity contribution in [2.75, 3.05) is 5.32 Å². The van der Waals surface area contributed by atoms with Gasteiger partial charge >= 0.3 is 0 Å². The SMILES string of the molecule is O[C@@H](C[C@@H]1c2ccccc2-c2cncn21)C12CC3CC(C1)C(Nc1nc4ccccc4o1)C(C3)C2. The molecule has 0 amide bonds. The normalized spacial score (nSPS) is 33.1. The number of oxazole rings is 1. The van der Waals surface area contributed by atoms with Crippen LogP contribution in [0.25, 0.3) is 22.4 Å². The number of hydrogen-bond acceptors (Lipinski definition) is 5. The van der Waals surface area contributed by atoms with Gasteiger partial charge in [0.2, 0.25) is 0 Å². The lowest BCUT2D eigenvalue weighted by atomic mass is 9.46. The van der Waals surface area contributed by atoms with E-state index < -0.39 is 0 Å². The summed E-state index contributed by atoms with van der Waals surface area (Å²) in [5.74, 6) is 1.85. The zero-order valence-electron chi connectivity index (χ0n) is 19.7. The fourth-order valence-corrected chi connectivity index (χ4v) is 8.44. The molecule has 2 unspecified atom stereocenters. The highest BCUT2D eigenvalue weighted by molar-refractivity contribution is 5.74. The summed E-state index contributed by atoms with van der Waals surface area (Å²) in [6.07, 6.45) is 10.2. The first-order valence-electron chi connectivity index (χ1n) is 13.1. The van der Waals surface area contributed by atoms with Crippen LogP contribution in [0.1, 0.15) is 50.1 Å². The zero-order chi connectivity index (χ0) is 23.1. The van der Waals surface area contributed by atoms with Crippen LogP contribution in [-0.2, 0) is 0 Å². The lowest BCUT2D eigenvalue weighted by Crippen LogP contribution is -2.59. The van der Waals surface area contributed by atoms with Crippen LogP contribution in [0.3, 0.4) is 0 Å². The minimum absolute atomic E-state index is 0.0221. The summed E-state index contributed by atoms with van der Waals surface area (Å²) in [4.78, 5) is 9.10. The molecule has 6 heteroatoms. The largest absolute Gasteiger partial charge is 0.424 e. The summed E-state index contributed by atoms with van der Waals surface area (Å²) in [7, 11) is 0. The van der Waals surface area contributed by atoms with E-state index >= 15 is 0 Å². The van der Waals surface area contributed by atoms with Gasteiger partial charge < -0.3 is 19.4 Å². The van der Waals surface area contributed by atoms with Gasteiger partial charge in [-0.2, -0.15) is 4.98 Å². The van der Waals surface area contributed by atoms with Gasteiger partial charge in [-0.05, 0) is 79.4 Å². The molecule has 35 heavy (non-hydrogen) atoms. The van der Waals surface area contributed by atoms with Crippen LogP contribution in [0, 0.1) is 23.2 Å². The van der Waals surface area contributed by atoms with Crippen LogP contribution >= 0.6 is 0 Å². The Hall–Kier alpha value is -3.12. The number of para-hydroxylation sites is 2. The van der Waals surface area contributed by atoms with Crippen molar-refractivity contribution in [1.82, 2.24) is 14.5 Å². The number of anilines is 1.